The van der Waals surface area contributed by atoms with Gasteiger partial charge in [-0.15, -0.1) is 10.2 Å². The van der Waals surface area contributed by atoms with Crippen LogP contribution in [0.5, 0.6) is 0 Å². The third-order valence-electron chi connectivity index (χ3n) is 5.99. The van der Waals surface area contributed by atoms with Crippen LogP contribution in [0, 0.1) is 0 Å². The van der Waals surface area contributed by atoms with Gasteiger partial charge in [-0.2, -0.15) is 0 Å². The highest BCUT2D eigenvalue weighted by Gasteiger charge is 2.34. The zero-order valence-corrected chi connectivity index (χ0v) is 21.2. The Labute approximate surface area is 204 Å². The lowest BCUT2D eigenvalue weighted by molar-refractivity contribution is -0.129. The average molecular weight is 500 g/mol. The molecule has 4 rings (SSSR count). The first kappa shape index (κ1) is 24.4. The lowest BCUT2D eigenvalue weighted by Crippen LogP contribution is -2.42. The summed E-state index contributed by atoms with van der Waals surface area (Å²) in [5.74, 6) is 1.18. The number of carbonyl (C=O) groups is 1. The molecule has 10 heteroatoms. The lowest BCUT2D eigenvalue weighted by Gasteiger charge is -2.26. The number of hydrogen-bond donors (Lipinski definition) is 0. The van der Waals surface area contributed by atoms with Crippen molar-refractivity contribution in [3.05, 3.63) is 54.4 Å². The first-order chi connectivity index (χ1) is 16.3. The molecule has 0 radical (unpaired) electrons. The topological polar surface area (TPSA) is 98.1 Å². The summed E-state index contributed by atoms with van der Waals surface area (Å²) >= 11 is 1.32. The Kier molecular flexibility index (Phi) is 7.37. The van der Waals surface area contributed by atoms with Gasteiger partial charge in [0, 0.05) is 30.5 Å². The molecule has 0 aliphatic carbocycles. The van der Waals surface area contributed by atoms with Crippen molar-refractivity contribution in [3.63, 3.8) is 0 Å². The second kappa shape index (κ2) is 10.3. The van der Waals surface area contributed by atoms with E-state index in [4.69, 9.17) is 0 Å². The predicted octanol–water partition coefficient (Wildman–Crippen LogP) is 3.58. The molecular weight excluding hydrogens is 470 g/mol. The lowest BCUT2D eigenvalue weighted by atomic mass is 10.0. The summed E-state index contributed by atoms with van der Waals surface area (Å²) in [6, 6.07) is 11.6. The highest BCUT2D eigenvalue weighted by molar-refractivity contribution is 7.99. The number of thioether (sulfide) groups is 1. The minimum atomic E-state index is -3.07. The van der Waals surface area contributed by atoms with Crippen molar-refractivity contribution in [2.24, 2.45) is 0 Å². The van der Waals surface area contributed by atoms with Gasteiger partial charge in [0.25, 0.3) is 0 Å². The van der Waals surface area contributed by atoms with Crippen molar-refractivity contribution in [1.82, 2.24) is 24.6 Å². The highest BCUT2D eigenvalue weighted by atomic mass is 32.2. The van der Waals surface area contributed by atoms with E-state index in [1.165, 1.54) is 11.8 Å². The molecule has 8 nitrogen and oxygen atoms in total. The Morgan fingerprint density at radius 2 is 2.00 bits per heavy atom. The smallest absolute Gasteiger partial charge is 0.233 e. The molecule has 1 atom stereocenters. The third-order valence-corrected chi connectivity index (χ3v) is 8.65. The maximum Gasteiger partial charge on any atom is 0.233 e. The van der Waals surface area contributed by atoms with E-state index in [0.717, 1.165) is 16.8 Å². The summed E-state index contributed by atoms with van der Waals surface area (Å²) in [5, 5.41) is 9.49. The zero-order chi connectivity index (χ0) is 24.3. The molecule has 3 aromatic rings. The molecule has 2 aromatic heterocycles. The minimum absolute atomic E-state index is 0.0420. The molecule has 0 unspecified atom stereocenters. The fourth-order valence-electron chi connectivity index (χ4n) is 4.31. The molecule has 1 aliphatic rings. The summed E-state index contributed by atoms with van der Waals surface area (Å²) in [6.45, 7) is 6.63. The standard InChI is InChI=1S/C24H29N5O3S2/c1-4-28(19-11-13-34(31,32)16-19)22(30)15-33-24-27-26-23(18-8-7-12-25-14-18)29(24)21-10-6-5-9-20(21)17(2)3/h5-10,12,14,17,19H,4,11,13,15-16H2,1-3H3/t19-/m0/s1. The molecule has 1 saturated heterocycles. The summed E-state index contributed by atoms with van der Waals surface area (Å²) in [5.41, 5.74) is 2.94. The second-order valence-electron chi connectivity index (χ2n) is 8.62. The van der Waals surface area contributed by atoms with E-state index >= 15 is 0 Å². The molecule has 3 heterocycles. The van der Waals surface area contributed by atoms with E-state index in [9.17, 15) is 13.2 Å². The maximum atomic E-state index is 13.1. The van der Waals surface area contributed by atoms with Crippen LogP contribution in [0.3, 0.4) is 0 Å². The number of rotatable bonds is 8. The Balaban J connectivity index is 1.65. The first-order valence-electron chi connectivity index (χ1n) is 11.4. The number of para-hydroxylation sites is 1. The van der Waals surface area contributed by atoms with Gasteiger partial charge in [-0.05, 0) is 43.0 Å². The number of benzene rings is 1. The van der Waals surface area contributed by atoms with E-state index in [-0.39, 0.29) is 35.1 Å². The minimum Gasteiger partial charge on any atom is -0.338 e. The molecule has 0 N–H and O–H groups in total. The van der Waals surface area contributed by atoms with Gasteiger partial charge in [0.2, 0.25) is 5.91 Å². The van der Waals surface area contributed by atoms with Crippen LogP contribution < -0.4 is 0 Å². The van der Waals surface area contributed by atoms with Crippen LogP contribution in [0.1, 0.15) is 38.7 Å². The van der Waals surface area contributed by atoms with Crippen LogP contribution >= 0.6 is 11.8 Å². The normalized spacial score (nSPS) is 17.2. The quantitative estimate of drug-likeness (QED) is 0.437. The highest BCUT2D eigenvalue weighted by Crippen LogP contribution is 2.32. The van der Waals surface area contributed by atoms with E-state index in [2.05, 4.69) is 35.1 Å². The molecule has 34 heavy (non-hydrogen) atoms. The van der Waals surface area contributed by atoms with Crippen molar-refractivity contribution >= 4 is 27.5 Å². The van der Waals surface area contributed by atoms with E-state index in [1.807, 2.05) is 41.8 Å². The number of carbonyl (C=O) groups excluding carboxylic acids is 1. The Bertz CT molecular complexity index is 1260. The van der Waals surface area contributed by atoms with Gasteiger partial charge in [-0.1, -0.05) is 43.8 Å². The number of amides is 1. The van der Waals surface area contributed by atoms with Gasteiger partial charge in [0.05, 0.1) is 22.9 Å². The largest absolute Gasteiger partial charge is 0.338 e. The van der Waals surface area contributed by atoms with Crippen LogP contribution in [0.15, 0.2) is 53.9 Å². The van der Waals surface area contributed by atoms with Crippen molar-refractivity contribution < 1.29 is 13.2 Å². The van der Waals surface area contributed by atoms with Crippen LogP contribution in [0.2, 0.25) is 0 Å². The van der Waals surface area contributed by atoms with Crippen molar-refractivity contribution in [2.75, 3.05) is 23.8 Å². The van der Waals surface area contributed by atoms with Gasteiger partial charge in [-0.25, -0.2) is 8.42 Å². The summed E-state index contributed by atoms with van der Waals surface area (Å²) in [4.78, 5) is 19.0. The Hall–Kier alpha value is -2.72. The monoisotopic (exact) mass is 499 g/mol. The second-order valence-corrected chi connectivity index (χ2v) is 11.8. The molecule has 1 fully saturated rings. The van der Waals surface area contributed by atoms with Crippen molar-refractivity contribution in [3.8, 4) is 17.1 Å². The SMILES string of the molecule is CCN(C(=O)CSc1nnc(-c2cccnc2)n1-c1ccccc1C(C)C)[C@H]1CCS(=O)(=O)C1. The van der Waals surface area contributed by atoms with E-state index in [1.54, 1.807) is 17.3 Å². The van der Waals surface area contributed by atoms with Crippen molar-refractivity contribution in [1.29, 1.82) is 0 Å². The van der Waals surface area contributed by atoms with Gasteiger partial charge in [0.15, 0.2) is 20.8 Å². The fourth-order valence-corrected chi connectivity index (χ4v) is 6.87. The molecular formula is C24H29N5O3S2. The Morgan fingerprint density at radius 1 is 1.21 bits per heavy atom. The Morgan fingerprint density at radius 3 is 2.65 bits per heavy atom. The molecule has 1 amide bonds. The van der Waals surface area contributed by atoms with Gasteiger partial charge in [-0.3, -0.25) is 14.3 Å². The maximum absolute atomic E-state index is 13.1. The number of pyridine rings is 1. The first-order valence-corrected chi connectivity index (χ1v) is 14.2. The summed E-state index contributed by atoms with van der Waals surface area (Å²) in [6.07, 6.45) is 3.95. The number of nitrogens with zero attached hydrogens (tertiary/aromatic N) is 5. The average Bonchev–Trinajstić information content (AvgIpc) is 3.41. The van der Waals surface area contributed by atoms with Crippen LogP contribution in [0.4, 0.5) is 0 Å². The van der Waals surface area contributed by atoms with Crippen LogP contribution in [0.25, 0.3) is 17.1 Å². The van der Waals surface area contributed by atoms with Crippen LogP contribution in [-0.2, 0) is 14.6 Å². The molecule has 0 spiro atoms. The number of aromatic nitrogens is 4. The summed E-state index contributed by atoms with van der Waals surface area (Å²) in [7, 11) is -3.07. The molecule has 0 bridgehead atoms. The summed E-state index contributed by atoms with van der Waals surface area (Å²) < 4.78 is 25.8. The fraction of sp³-hybridized carbons (Fsp3) is 0.417. The van der Waals surface area contributed by atoms with Gasteiger partial charge in [0.1, 0.15) is 0 Å². The van der Waals surface area contributed by atoms with Crippen LogP contribution in [-0.4, -0.2) is 68.8 Å². The predicted molar refractivity (Wildman–Crippen MR) is 134 cm³/mol. The van der Waals surface area contributed by atoms with Gasteiger partial charge >= 0.3 is 0 Å². The zero-order valence-electron chi connectivity index (χ0n) is 19.6. The molecule has 1 aromatic carbocycles. The molecule has 0 saturated carbocycles. The number of hydrogen-bond acceptors (Lipinski definition) is 7. The molecule has 180 valence electrons. The molecule has 1 aliphatic heterocycles. The van der Waals surface area contributed by atoms with Gasteiger partial charge < -0.3 is 4.90 Å². The van der Waals surface area contributed by atoms with E-state index in [0.29, 0.717) is 23.9 Å². The number of sulfone groups is 1. The van der Waals surface area contributed by atoms with E-state index < -0.39 is 9.84 Å². The third kappa shape index (κ3) is 5.17. The van der Waals surface area contributed by atoms with Crippen molar-refractivity contribution in [2.45, 2.75) is 44.3 Å².